The number of fused-ring (bicyclic) bond motifs is 1. The van der Waals surface area contributed by atoms with Crippen LogP contribution in [0.25, 0.3) is 39.8 Å². The van der Waals surface area contributed by atoms with Crippen LogP contribution in [0.1, 0.15) is 0 Å². The molecule has 0 radical (unpaired) electrons. The Labute approximate surface area is 190 Å². The predicted molar refractivity (Wildman–Crippen MR) is 115 cm³/mol. The van der Waals surface area contributed by atoms with Gasteiger partial charge in [-0.15, -0.1) is 5.10 Å². The van der Waals surface area contributed by atoms with Crippen LogP contribution in [0.5, 0.6) is 0 Å². The van der Waals surface area contributed by atoms with Crippen molar-refractivity contribution in [2.45, 2.75) is 11.7 Å². The van der Waals surface area contributed by atoms with Gasteiger partial charge in [0.15, 0.2) is 5.16 Å². The summed E-state index contributed by atoms with van der Waals surface area (Å²) < 4.78 is 16.5. The molecule has 4 aromatic heterocycles. The van der Waals surface area contributed by atoms with Gasteiger partial charge < -0.3 is 9.90 Å². The Morgan fingerprint density at radius 1 is 1.06 bits per heavy atom. The number of benzene rings is 1. The van der Waals surface area contributed by atoms with Crippen molar-refractivity contribution >= 4 is 23.5 Å². The Balaban J connectivity index is 1.67. The second-order valence-electron chi connectivity index (χ2n) is 6.90. The molecule has 4 heterocycles. The zero-order valence-corrected chi connectivity index (χ0v) is 17.9. The fraction of sp³-hybridized carbons (Fsp3) is 0.0952. The lowest BCUT2D eigenvalue weighted by molar-refractivity contribution is -0.306. The van der Waals surface area contributed by atoms with Crippen molar-refractivity contribution in [1.29, 1.82) is 0 Å². The fourth-order valence-corrected chi connectivity index (χ4v) is 3.68. The third-order valence-corrected chi connectivity index (χ3v) is 5.32. The van der Waals surface area contributed by atoms with E-state index in [2.05, 4.69) is 30.2 Å². The molecule has 5 aromatic rings. The average molecular weight is 461 g/mol. The van der Waals surface area contributed by atoms with Crippen LogP contribution in [0.2, 0.25) is 0 Å². The summed E-state index contributed by atoms with van der Waals surface area (Å²) in [6.45, 7) is -0.414. The van der Waals surface area contributed by atoms with Gasteiger partial charge in [-0.25, -0.2) is 29.0 Å². The zero-order valence-electron chi connectivity index (χ0n) is 17.1. The summed E-state index contributed by atoms with van der Waals surface area (Å²) in [4.78, 5) is 28.9. The van der Waals surface area contributed by atoms with Gasteiger partial charge in [0.05, 0.1) is 30.1 Å². The number of aromatic nitrogens is 8. The monoisotopic (exact) mass is 461 g/mol. The molecule has 0 fully saturated rings. The number of carbonyl (C=O) groups excluding carboxylic acids is 1. The quantitative estimate of drug-likeness (QED) is 0.274. The molecule has 0 saturated carbocycles. The highest BCUT2D eigenvalue weighted by Crippen LogP contribution is 2.32. The fourth-order valence-electron chi connectivity index (χ4n) is 3.32. The molecule has 0 N–H and O–H groups in total. The molecule has 33 heavy (non-hydrogen) atoms. The molecule has 164 valence electrons. The van der Waals surface area contributed by atoms with Crippen LogP contribution < -0.4 is 5.11 Å². The van der Waals surface area contributed by atoms with E-state index in [1.54, 1.807) is 41.1 Å². The van der Waals surface area contributed by atoms with Crippen LogP contribution in [-0.4, -0.2) is 51.6 Å². The van der Waals surface area contributed by atoms with Gasteiger partial charge in [-0.05, 0) is 42.7 Å². The summed E-state index contributed by atoms with van der Waals surface area (Å²) >= 11 is 1.41. The average Bonchev–Trinajstić information content (AvgIpc) is 3.43. The summed E-state index contributed by atoms with van der Waals surface area (Å²) in [6, 6.07) is 9.51. The third-order valence-electron chi connectivity index (χ3n) is 4.76. The molecule has 0 aliphatic carbocycles. The Morgan fingerprint density at radius 2 is 1.88 bits per heavy atom. The van der Waals surface area contributed by atoms with Gasteiger partial charge in [0.1, 0.15) is 22.9 Å². The SMILES string of the molecule is CSc1nccc(-c2c(-c3ccc(F)cc3)nc3nc(-c4cn(CC(=O)[O-])nn4)ccn23)n1. The topological polar surface area (TPSA) is 127 Å². The molecule has 0 aliphatic heterocycles. The van der Waals surface area contributed by atoms with E-state index in [-0.39, 0.29) is 5.82 Å². The third kappa shape index (κ3) is 4.03. The summed E-state index contributed by atoms with van der Waals surface area (Å²) in [5.41, 5.74) is 3.43. The van der Waals surface area contributed by atoms with Crippen molar-refractivity contribution in [2.24, 2.45) is 0 Å². The maximum absolute atomic E-state index is 13.5. The van der Waals surface area contributed by atoms with Crippen molar-refractivity contribution in [2.75, 3.05) is 6.26 Å². The molecule has 10 nitrogen and oxygen atoms in total. The number of hydrogen-bond donors (Lipinski definition) is 0. The van der Waals surface area contributed by atoms with Gasteiger partial charge in [-0.3, -0.25) is 4.40 Å². The lowest BCUT2D eigenvalue weighted by atomic mass is 10.1. The number of nitrogens with zero attached hydrogens (tertiary/aromatic N) is 8. The number of imidazole rings is 1. The van der Waals surface area contributed by atoms with Gasteiger partial charge in [0.2, 0.25) is 5.78 Å². The number of halogens is 1. The van der Waals surface area contributed by atoms with Crippen LogP contribution in [0.15, 0.2) is 60.1 Å². The lowest BCUT2D eigenvalue weighted by Gasteiger charge is -2.06. The predicted octanol–water partition coefficient (Wildman–Crippen LogP) is 1.72. The first-order valence-electron chi connectivity index (χ1n) is 9.64. The van der Waals surface area contributed by atoms with E-state index in [9.17, 15) is 14.3 Å². The van der Waals surface area contributed by atoms with Crippen molar-refractivity contribution in [3.8, 4) is 34.0 Å². The van der Waals surface area contributed by atoms with Crippen molar-refractivity contribution in [3.63, 3.8) is 0 Å². The standard InChI is InChI=1S/C21H15FN8O2S/c1-33-21-23-8-6-15(25-21)19-18(12-2-4-13(22)5-3-12)26-20-24-14(7-9-30(19)20)16-10-29(28-27-16)11-17(31)32/h2-10H,11H2,1H3,(H,31,32)/p-1. The molecule has 5 rings (SSSR count). The van der Waals surface area contributed by atoms with Gasteiger partial charge in [0, 0.05) is 18.0 Å². The molecule has 0 saturated heterocycles. The van der Waals surface area contributed by atoms with Gasteiger partial charge in [-0.2, -0.15) is 0 Å². The van der Waals surface area contributed by atoms with E-state index in [0.29, 0.717) is 45.0 Å². The van der Waals surface area contributed by atoms with Crippen molar-refractivity contribution < 1.29 is 14.3 Å². The minimum absolute atomic E-state index is 0.351. The highest BCUT2D eigenvalue weighted by molar-refractivity contribution is 7.98. The second kappa shape index (κ2) is 8.39. The Bertz CT molecular complexity index is 1480. The van der Waals surface area contributed by atoms with E-state index in [1.807, 2.05) is 6.26 Å². The number of carbonyl (C=O) groups is 1. The molecule has 0 aliphatic rings. The van der Waals surface area contributed by atoms with E-state index in [4.69, 9.17) is 0 Å². The highest BCUT2D eigenvalue weighted by atomic mass is 32.2. The van der Waals surface area contributed by atoms with E-state index in [1.165, 1.54) is 30.1 Å². The maximum atomic E-state index is 13.5. The first-order chi connectivity index (χ1) is 16.0. The number of carboxylic acids is 1. The van der Waals surface area contributed by atoms with Crippen LogP contribution >= 0.6 is 11.8 Å². The smallest absolute Gasteiger partial charge is 0.235 e. The largest absolute Gasteiger partial charge is 0.548 e. The van der Waals surface area contributed by atoms with Gasteiger partial charge in [0.25, 0.3) is 0 Å². The first kappa shape index (κ1) is 20.7. The molecular formula is C21H14FN8O2S-. The molecule has 0 amide bonds. The molecule has 0 atom stereocenters. The number of thioether (sulfide) groups is 1. The Kier molecular flexibility index (Phi) is 5.26. The minimum Gasteiger partial charge on any atom is -0.548 e. The first-order valence-corrected chi connectivity index (χ1v) is 10.9. The summed E-state index contributed by atoms with van der Waals surface area (Å²) in [5.74, 6) is -1.26. The molecule has 0 bridgehead atoms. The van der Waals surface area contributed by atoms with Crippen LogP contribution in [0, 0.1) is 5.82 Å². The van der Waals surface area contributed by atoms with Gasteiger partial charge >= 0.3 is 0 Å². The van der Waals surface area contributed by atoms with E-state index >= 15 is 0 Å². The van der Waals surface area contributed by atoms with Crippen LogP contribution in [-0.2, 0) is 11.3 Å². The normalized spacial score (nSPS) is 11.2. The van der Waals surface area contributed by atoms with Crippen LogP contribution in [0.3, 0.4) is 0 Å². The second-order valence-corrected chi connectivity index (χ2v) is 7.67. The maximum Gasteiger partial charge on any atom is 0.235 e. The molecular weight excluding hydrogens is 447 g/mol. The van der Waals surface area contributed by atoms with Crippen molar-refractivity contribution in [3.05, 3.63) is 60.8 Å². The molecule has 0 spiro atoms. The van der Waals surface area contributed by atoms with Crippen LogP contribution in [0.4, 0.5) is 4.39 Å². The number of aliphatic carboxylic acids is 1. The summed E-state index contributed by atoms with van der Waals surface area (Å²) in [7, 11) is 0. The molecule has 0 unspecified atom stereocenters. The van der Waals surface area contributed by atoms with Gasteiger partial charge in [-0.1, -0.05) is 17.0 Å². The van der Waals surface area contributed by atoms with Crippen molar-refractivity contribution in [1.82, 2.24) is 39.3 Å². The van der Waals surface area contributed by atoms with E-state index in [0.717, 1.165) is 4.68 Å². The van der Waals surface area contributed by atoms with E-state index < -0.39 is 12.5 Å². The number of hydrogen-bond acceptors (Lipinski definition) is 9. The Hall–Kier alpha value is -4.19. The Morgan fingerprint density at radius 3 is 2.64 bits per heavy atom. The minimum atomic E-state index is -1.27. The highest BCUT2D eigenvalue weighted by Gasteiger charge is 2.19. The summed E-state index contributed by atoms with van der Waals surface area (Å²) in [5, 5.41) is 19.2. The molecule has 1 aromatic carbocycles. The number of carboxylic acid groups (broad SMARTS) is 1. The zero-order chi connectivity index (χ0) is 22.9. The summed E-state index contributed by atoms with van der Waals surface area (Å²) in [6.07, 6.45) is 6.79. The number of rotatable bonds is 6. The lowest BCUT2D eigenvalue weighted by Crippen LogP contribution is -2.27. The molecule has 12 heteroatoms.